The average molecular weight is 354 g/mol. The number of hydrogen-bond donors (Lipinski definition) is 1. The van der Waals surface area contributed by atoms with E-state index in [-0.39, 0.29) is 30.2 Å². The molecule has 0 unspecified atom stereocenters. The van der Waals surface area contributed by atoms with Gasteiger partial charge in [-0.1, -0.05) is 18.2 Å². The Morgan fingerprint density at radius 1 is 1.38 bits per heavy atom. The molecule has 1 fully saturated rings. The first kappa shape index (κ1) is 18.7. The summed E-state index contributed by atoms with van der Waals surface area (Å²) in [5, 5.41) is 2.92. The van der Waals surface area contributed by atoms with Gasteiger partial charge in [-0.3, -0.25) is 4.79 Å². The molecule has 0 saturated carbocycles. The zero-order chi connectivity index (χ0) is 17.6. The molecule has 2 rings (SSSR count). The maximum Gasteiger partial charge on any atom is 0.224 e. The van der Waals surface area contributed by atoms with E-state index in [0.717, 1.165) is 5.75 Å². The number of sulfonamides is 1. The molecule has 1 amide bonds. The van der Waals surface area contributed by atoms with Crippen LogP contribution >= 0.6 is 0 Å². The van der Waals surface area contributed by atoms with Gasteiger partial charge in [-0.25, -0.2) is 12.7 Å². The van der Waals surface area contributed by atoms with Crippen LogP contribution in [0, 0.1) is 5.92 Å². The third-order valence-electron chi connectivity index (χ3n) is 4.14. The van der Waals surface area contributed by atoms with Gasteiger partial charge in [0.1, 0.15) is 12.4 Å². The Bertz CT molecular complexity index is 633. The lowest BCUT2D eigenvalue weighted by molar-refractivity contribution is -0.126. The minimum atomic E-state index is -3.23. The maximum absolute atomic E-state index is 12.4. The molecule has 0 aromatic heterocycles. The molecule has 0 radical (unpaired) electrons. The highest BCUT2D eigenvalue weighted by atomic mass is 32.2. The molecule has 1 aromatic rings. The van der Waals surface area contributed by atoms with Gasteiger partial charge in [-0.05, 0) is 38.8 Å². The summed E-state index contributed by atoms with van der Waals surface area (Å²) in [4.78, 5) is 12.4. The van der Waals surface area contributed by atoms with Crippen molar-refractivity contribution < 1.29 is 17.9 Å². The number of rotatable bonds is 7. The molecular weight excluding hydrogens is 328 g/mol. The largest absolute Gasteiger partial charge is 0.491 e. The van der Waals surface area contributed by atoms with Gasteiger partial charge in [0.05, 0.1) is 17.7 Å². The Morgan fingerprint density at radius 2 is 2.08 bits per heavy atom. The molecule has 2 atom stereocenters. The number of benzene rings is 1. The number of piperidine rings is 1. The lowest BCUT2D eigenvalue weighted by Crippen LogP contribution is -2.48. The summed E-state index contributed by atoms with van der Waals surface area (Å²) >= 11 is 0. The van der Waals surface area contributed by atoms with Crippen molar-refractivity contribution in [3.8, 4) is 5.75 Å². The quantitative estimate of drug-likeness (QED) is 0.807. The fourth-order valence-corrected chi connectivity index (χ4v) is 3.91. The van der Waals surface area contributed by atoms with E-state index in [9.17, 15) is 13.2 Å². The number of carbonyl (C=O) groups is 1. The summed E-state index contributed by atoms with van der Waals surface area (Å²) in [6.45, 7) is 4.66. The third-order valence-corrected chi connectivity index (χ3v) is 5.99. The van der Waals surface area contributed by atoms with Crippen molar-refractivity contribution in [2.24, 2.45) is 5.92 Å². The van der Waals surface area contributed by atoms with Gasteiger partial charge in [0.15, 0.2) is 0 Å². The molecule has 0 spiro atoms. The number of hydrogen-bond acceptors (Lipinski definition) is 4. The molecular formula is C17H26N2O4S. The van der Waals surface area contributed by atoms with Crippen LogP contribution in [-0.4, -0.2) is 50.1 Å². The lowest BCUT2D eigenvalue weighted by Gasteiger charge is -2.31. The molecule has 134 valence electrons. The maximum atomic E-state index is 12.4. The van der Waals surface area contributed by atoms with Crippen LogP contribution in [0.15, 0.2) is 30.3 Å². The van der Waals surface area contributed by atoms with Crippen molar-refractivity contribution in [2.45, 2.75) is 32.7 Å². The van der Waals surface area contributed by atoms with E-state index in [2.05, 4.69) is 5.32 Å². The molecule has 1 N–H and O–H groups in total. The molecule has 0 aliphatic carbocycles. The number of ether oxygens (including phenoxy) is 1. The molecule has 7 heteroatoms. The van der Waals surface area contributed by atoms with Crippen LogP contribution in [0.5, 0.6) is 5.75 Å². The predicted octanol–water partition coefficient (Wildman–Crippen LogP) is 1.63. The fraction of sp³-hybridized carbons (Fsp3) is 0.588. The summed E-state index contributed by atoms with van der Waals surface area (Å²) in [5.74, 6) is 0.439. The van der Waals surface area contributed by atoms with E-state index in [1.165, 1.54) is 4.31 Å². The second-order valence-electron chi connectivity index (χ2n) is 6.13. The standard InChI is InChI=1S/C17H26N2O4S/c1-3-24(21,22)19-11-7-8-15(12-19)17(20)18-14(2)13-23-16-9-5-4-6-10-16/h4-6,9-10,14-15H,3,7-8,11-13H2,1-2H3,(H,18,20)/t14-,15-/m0/s1. The van der Waals surface area contributed by atoms with Crippen molar-refractivity contribution in [1.29, 1.82) is 0 Å². The van der Waals surface area contributed by atoms with Crippen LogP contribution in [0.3, 0.4) is 0 Å². The first-order valence-corrected chi connectivity index (χ1v) is 9.99. The SMILES string of the molecule is CCS(=O)(=O)N1CCC[C@H](C(=O)N[C@@H](C)COc2ccccc2)C1. The molecule has 24 heavy (non-hydrogen) atoms. The van der Waals surface area contributed by atoms with Gasteiger partial charge in [0, 0.05) is 13.1 Å². The number of amides is 1. The van der Waals surface area contributed by atoms with Crippen molar-refractivity contribution in [2.75, 3.05) is 25.4 Å². The van der Waals surface area contributed by atoms with E-state index >= 15 is 0 Å². The molecule has 1 heterocycles. The summed E-state index contributed by atoms with van der Waals surface area (Å²) in [5.41, 5.74) is 0. The van der Waals surface area contributed by atoms with Gasteiger partial charge in [0.25, 0.3) is 0 Å². The monoisotopic (exact) mass is 354 g/mol. The zero-order valence-electron chi connectivity index (χ0n) is 14.3. The Hall–Kier alpha value is -1.60. The second-order valence-corrected chi connectivity index (χ2v) is 8.39. The van der Waals surface area contributed by atoms with Crippen molar-refractivity contribution in [3.05, 3.63) is 30.3 Å². The number of para-hydroxylation sites is 1. The first-order chi connectivity index (χ1) is 11.4. The Kier molecular flexibility index (Phi) is 6.62. The van der Waals surface area contributed by atoms with Crippen LogP contribution in [-0.2, 0) is 14.8 Å². The zero-order valence-corrected chi connectivity index (χ0v) is 15.1. The van der Waals surface area contributed by atoms with Gasteiger partial charge in [-0.15, -0.1) is 0 Å². The van der Waals surface area contributed by atoms with E-state index in [4.69, 9.17) is 4.74 Å². The Labute approximate surface area is 144 Å². The average Bonchev–Trinajstić information content (AvgIpc) is 2.61. The highest BCUT2D eigenvalue weighted by Crippen LogP contribution is 2.20. The summed E-state index contributed by atoms with van der Waals surface area (Å²) in [6.07, 6.45) is 1.43. The van der Waals surface area contributed by atoms with Gasteiger partial charge in [-0.2, -0.15) is 0 Å². The van der Waals surface area contributed by atoms with Crippen molar-refractivity contribution >= 4 is 15.9 Å². The first-order valence-electron chi connectivity index (χ1n) is 8.38. The van der Waals surface area contributed by atoms with Crippen molar-refractivity contribution in [3.63, 3.8) is 0 Å². The van der Waals surface area contributed by atoms with Crippen LogP contribution < -0.4 is 10.1 Å². The van der Waals surface area contributed by atoms with E-state index in [1.807, 2.05) is 37.3 Å². The number of nitrogens with zero attached hydrogens (tertiary/aromatic N) is 1. The minimum Gasteiger partial charge on any atom is -0.491 e. The van der Waals surface area contributed by atoms with E-state index in [1.54, 1.807) is 6.92 Å². The molecule has 1 aliphatic rings. The van der Waals surface area contributed by atoms with Crippen molar-refractivity contribution in [1.82, 2.24) is 9.62 Å². The summed E-state index contributed by atoms with van der Waals surface area (Å²) in [6, 6.07) is 9.28. The summed E-state index contributed by atoms with van der Waals surface area (Å²) < 4.78 is 31.0. The smallest absolute Gasteiger partial charge is 0.224 e. The van der Waals surface area contributed by atoms with Gasteiger partial charge in [0.2, 0.25) is 15.9 Å². The normalized spacial score (nSPS) is 20.3. The van der Waals surface area contributed by atoms with Crippen LogP contribution in [0.25, 0.3) is 0 Å². The molecule has 0 bridgehead atoms. The van der Waals surface area contributed by atoms with E-state index in [0.29, 0.717) is 26.0 Å². The topological polar surface area (TPSA) is 75.7 Å². The Morgan fingerprint density at radius 3 is 2.75 bits per heavy atom. The molecule has 6 nitrogen and oxygen atoms in total. The highest BCUT2D eigenvalue weighted by Gasteiger charge is 2.31. The number of carbonyl (C=O) groups excluding carboxylic acids is 1. The predicted molar refractivity (Wildman–Crippen MR) is 93.3 cm³/mol. The molecule has 1 saturated heterocycles. The van der Waals surface area contributed by atoms with E-state index < -0.39 is 10.0 Å². The molecule has 1 aliphatic heterocycles. The molecule has 1 aromatic carbocycles. The fourth-order valence-electron chi connectivity index (χ4n) is 2.73. The Balaban J connectivity index is 1.82. The lowest BCUT2D eigenvalue weighted by atomic mass is 9.98. The van der Waals surface area contributed by atoms with Gasteiger partial charge < -0.3 is 10.1 Å². The number of nitrogens with one attached hydrogen (secondary N) is 1. The highest BCUT2D eigenvalue weighted by molar-refractivity contribution is 7.89. The third kappa shape index (κ3) is 5.21. The second kappa shape index (κ2) is 8.48. The van der Waals surface area contributed by atoms with Gasteiger partial charge >= 0.3 is 0 Å². The minimum absolute atomic E-state index is 0.0721. The van der Waals surface area contributed by atoms with Crippen LogP contribution in [0.4, 0.5) is 0 Å². The van der Waals surface area contributed by atoms with Crippen LogP contribution in [0.1, 0.15) is 26.7 Å². The summed E-state index contributed by atoms with van der Waals surface area (Å²) in [7, 11) is -3.23. The van der Waals surface area contributed by atoms with Crippen LogP contribution in [0.2, 0.25) is 0 Å².